The van der Waals surface area contributed by atoms with Crippen molar-refractivity contribution in [2.45, 2.75) is 71.6 Å². The van der Waals surface area contributed by atoms with Crippen LogP contribution < -0.4 is 4.90 Å². The Balaban J connectivity index is 2.08. The molecule has 1 atom stereocenters. The number of benzene rings is 1. The lowest BCUT2D eigenvalue weighted by atomic mass is 9.94. The summed E-state index contributed by atoms with van der Waals surface area (Å²) in [5.41, 5.74) is 1.25. The third-order valence-electron chi connectivity index (χ3n) is 5.19. The lowest BCUT2D eigenvalue weighted by Gasteiger charge is -2.40. The summed E-state index contributed by atoms with van der Waals surface area (Å²) in [5, 5.41) is 0. The van der Waals surface area contributed by atoms with Crippen LogP contribution in [0.15, 0.2) is 48.7 Å². The molecule has 5 heteroatoms. The number of hydrogen-bond donors (Lipinski definition) is 0. The van der Waals surface area contributed by atoms with E-state index in [1.807, 2.05) is 57.2 Å². The highest BCUT2D eigenvalue weighted by Gasteiger charge is 2.33. The first kappa shape index (κ1) is 21.3. The maximum absolute atomic E-state index is 13.3. The van der Waals surface area contributed by atoms with E-state index >= 15 is 0 Å². The van der Waals surface area contributed by atoms with Gasteiger partial charge in [-0.2, -0.15) is 0 Å². The molecule has 1 saturated heterocycles. The van der Waals surface area contributed by atoms with Crippen LogP contribution in [0.5, 0.6) is 0 Å². The van der Waals surface area contributed by atoms with Gasteiger partial charge in [0.25, 0.3) is 0 Å². The Kier molecular flexibility index (Phi) is 6.58. The average molecular weight is 396 g/mol. The van der Waals surface area contributed by atoms with Crippen LogP contribution in [0.25, 0.3) is 0 Å². The van der Waals surface area contributed by atoms with Gasteiger partial charge >= 0.3 is 6.09 Å². The zero-order valence-electron chi connectivity index (χ0n) is 18.3. The third kappa shape index (κ3) is 5.15. The summed E-state index contributed by atoms with van der Waals surface area (Å²) in [6.07, 6.45) is 4.80. The maximum atomic E-state index is 13.3. The van der Waals surface area contributed by atoms with E-state index in [1.54, 1.807) is 11.1 Å². The molecule has 1 aromatic carbocycles. The van der Waals surface area contributed by atoms with E-state index in [1.165, 1.54) is 12.8 Å². The number of carbonyl (C=O) groups is 1. The average Bonchev–Trinajstić information content (AvgIpc) is 2.68. The van der Waals surface area contributed by atoms with Crippen LogP contribution in [0.4, 0.5) is 16.3 Å². The van der Waals surface area contributed by atoms with E-state index in [0.717, 1.165) is 24.2 Å². The molecule has 0 saturated carbocycles. The lowest BCUT2D eigenvalue weighted by molar-refractivity contribution is 0.0596. The number of likely N-dealkylation sites (tertiary alicyclic amines) is 1. The molecular weight excluding hydrogens is 362 g/mol. The van der Waals surface area contributed by atoms with E-state index in [2.05, 4.69) is 29.8 Å². The van der Waals surface area contributed by atoms with Crippen LogP contribution in [0.3, 0.4) is 0 Å². The van der Waals surface area contributed by atoms with Crippen molar-refractivity contribution in [3.05, 3.63) is 54.2 Å². The Morgan fingerprint density at radius 3 is 2.52 bits per heavy atom. The molecule has 29 heavy (non-hydrogen) atoms. The number of hydrogen-bond acceptors (Lipinski definition) is 4. The zero-order valence-corrected chi connectivity index (χ0v) is 18.3. The topological polar surface area (TPSA) is 45.7 Å². The second-order valence-corrected chi connectivity index (χ2v) is 8.91. The van der Waals surface area contributed by atoms with Crippen molar-refractivity contribution in [3.63, 3.8) is 0 Å². The van der Waals surface area contributed by atoms with Crippen molar-refractivity contribution in [1.82, 2.24) is 9.88 Å². The van der Waals surface area contributed by atoms with Gasteiger partial charge in [0, 0.05) is 23.8 Å². The number of pyridine rings is 1. The van der Waals surface area contributed by atoms with E-state index in [-0.39, 0.29) is 6.04 Å². The number of carbonyl (C=O) groups excluding carboxylic acids is 1. The van der Waals surface area contributed by atoms with Crippen LogP contribution >= 0.6 is 0 Å². The fourth-order valence-electron chi connectivity index (χ4n) is 3.96. The number of piperidine rings is 1. The lowest BCUT2D eigenvalue weighted by Crippen LogP contribution is -2.40. The molecule has 1 amide bonds. The maximum Gasteiger partial charge on any atom is 0.420 e. The first-order valence-corrected chi connectivity index (χ1v) is 10.6. The molecule has 0 N–H and O–H groups in total. The quantitative estimate of drug-likeness (QED) is 0.628. The number of para-hydroxylation sites is 1. The smallest absolute Gasteiger partial charge is 0.420 e. The number of amides is 1. The van der Waals surface area contributed by atoms with Crippen LogP contribution in [0.1, 0.15) is 65.5 Å². The summed E-state index contributed by atoms with van der Waals surface area (Å²) in [5.74, 6) is 0.658. The van der Waals surface area contributed by atoms with Crippen LogP contribution in [0, 0.1) is 0 Å². The van der Waals surface area contributed by atoms with E-state index < -0.39 is 11.7 Å². The molecule has 156 valence electrons. The minimum Gasteiger partial charge on any atom is -0.443 e. The van der Waals surface area contributed by atoms with Gasteiger partial charge in [-0.1, -0.05) is 30.7 Å². The van der Waals surface area contributed by atoms with Gasteiger partial charge in [0.2, 0.25) is 0 Å². The molecule has 3 rings (SSSR count). The Labute approximate surface area is 174 Å². The summed E-state index contributed by atoms with van der Waals surface area (Å²) < 4.78 is 5.76. The second-order valence-electron chi connectivity index (χ2n) is 8.91. The third-order valence-corrected chi connectivity index (χ3v) is 5.19. The highest BCUT2D eigenvalue weighted by Crippen LogP contribution is 2.39. The van der Waals surface area contributed by atoms with Crippen molar-refractivity contribution in [1.29, 1.82) is 0 Å². The molecule has 5 nitrogen and oxygen atoms in total. The van der Waals surface area contributed by atoms with Gasteiger partial charge in [-0.3, -0.25) is 4.90 Å². The molecule has 0 radical (unpaired) electrons. The van der Waals surface area contributed by atoms with E-state index in [0.29, 0.717) is 11.9 Å². The largest absolute Gasteiger partial charge is 0.443 e. The number of ether oxygens (including phenoxy) is 1. The van der Waals surface area contributed by atoms with E-state index in [9.17, 15) is 4.79 Å². The second kappa shape index (κ2) is 8.95. The van der Waals surface area contributed by atoms with Gasteiger partial charge in [0.15, 0.2) is 0 Å². The molecule has 1 fully saturated rings. The number of anilines is 2. The fraction of sp³-hybridized carbons (Fsp3) is 0.500. The monoisotopic (exact) mass is 395 g/mol. The summed E-state index contributed by atoms with van der Waals surface area (Å²) in [6.45, 7) is 11.2. The summed E-state index contributed by atoms with van der Waals surface area (Å²) in [4.78, 5) is 22.1. The Bertz CT molecular complexity index is 814. The minimum absolute atomic E-state index is 0.237. The number of aromatic nitrogens is 1. The standard InChI is InChI=1S/C24H33N3O2/c1-18(2)26-17-10-9-15-21(26)20-14-11-16-25-22(20)27(19-12-7-6-8-13-19)23(28)29-24(3,4)5/h6-8,11-14,16,18,21H,9-10,15,17H2,1-5H3. The van der Waals surface area contributed by atoms with Crippen LogP contribution in [-0.4, -0.2) is 34.2 Å². The summed E-state index contributed by atoms with van der Waals surface area (Å²) >= 11 is 0. The summed E-state index contributed by atoms with van der Waals surface area (Å²) in [7, 11) is 0. The van der Waals surface area contributed by atoms with Gasteiger partial charge in [0.05, 0.1) is 5.69 Å². The van der Waals surface area contributed by atoms with Crippen LogP contribution in [-0.2, 0) is 4.74 Å². The minimum atomic E-state index is -0.589. The van der Waals surface area contributed by atoms with Crippen LogP contribution in [0.2, 0.25) is 0 Å². The highest BCUT2D eigenvalue weighted by atomic mass is 16.6. The van der Waals surface area contributed by atoms with Crippen molar-refractivity contribution in [3.8, 4) is 0 Å². The number of rotatable bonds is 4. The van der Waals surface area contributed by atoms with Gasteiger partial charge in [0.1, 0.15) is 11.4 Å². The van der Waals surface area contributed by atoms with Crippen molar-refractivity contribution in [2.24, 2.45) is 0 Å². The molecule has 2 aromatic rings. The molecule has 0 bridgehead atoms. The first-order chi connectivity index (χ1) is 13.8. The predicted molar refractivity (Wildman–Crippen MR) is 117 cm³/mol. The van der Waals surface area contributed by atoms with E-state index in [4.69, 9.17) is 4.74 Å². The normalized spacial score (nSPS) is 17.9. The van der Waals surface area contributed by atoms with Gasteiger partial charge < -0.3 is 4.74 Å². The Morgan fingerprint density at radius 1 is 1.14 bits per heavy atom. The predicted octanol–water partition coefficient (Wildman–Crippen LogP) is 6.09. The molecule has 1 unspecified atom stereocenters. The number of nitrogens with zero attached hydrogens (tertiary/aromatic N) is 3. The van der Waals surface area contributed by atoms with Crippen molar-refractivity contribution < 1.29 is 9.53 Å². The van der Waals surface area contributed by atoms with Crippen molar-refractivity contribution in [2.75, 3.05) is 11.4 Å². The SMILES string of the molecule is CC(C)N1CCCCC1c1cccnc1N(C(=O)OC(C)(C)C)c1ccccc1. The first-order valence-electron chi connectivity index (χ1n) is 10.6. The molecule has 1 aromatic heterocycles. The van der Waals surface area contributed by atoms with Crippen molar-refractivity contribution >= 4 is 17.6 Å². The zero-order chi connectivity index (χ0) is 21.0. The molecule has 1 aliphatic heterocycles. The van der Waals surface area contributed by atoms with Gasteiger partial charge in [-0.25, -0.2) is 14.7 Å². The Hall–Kier alpha value is -2.40. The molecule has 0 aliphatic carbocycles. The summed E-state index contributed by atoms with van der Waals surface area (Å²) in [6, 6.07) is 14.4. The van der Waals surface area contributed by atoms with Gasteiger partial charge in [-0.15, -0.1) is 0 Å². The molecule has 0 spiro atoms. The molecular formula is C24H33N3O2. The van der Waals surface area contributed by atoms with Gasteiger partial charge in [-0.05, 0) is 72.2 Å². The highest BCUT2D eigenvalue weighted by molar-refractivity contribution is 5.96. The molecule has 1 aliphatic rings. The molecule has 2 heterocycles. The fourth-order valence-corrected chi connectivity index (χ4v) is 3.96. The Morgan fingerprint density at radius 2 is 1.86 bits per heavy atom.